The summed E-state index contributed by atoms with van der Waals surface area (Å²) in [5.74, 6) is 1.92. The van der Waals surface area contributed by atoms with E-state index in [1.165, 1.54) is 12.8 Å². The second-order valence-electron chi connectivity index (χ2n) is 7.53. The number of carbonyl (C=O) groups is 1. The van der Waals surface area contributed by atoms with Gasteiger partial charge >= 0.3 is 0 Å². The lowest BCUT2D eigenvalue weighted by atomic mass is 10.1. The molecule has 2 aliphatic rings. The molecule has 1 saturated carbocycles. The van der Waals surface area contributed by atoms with Gasteiger partial charge in [0.2, 0.25) is 0 Å². The Balaban J connectivity index is 0.00000205. The number of halogens is 1. The highest BCUT2D eigenvalue weighted by Crippen LogP contribution is 2.38. The molecule has 1 aliphatic heterocycles. The van der Waals surface area contributed by atoms with Gasteiger partial charge in [0, 0.05) is 29.9 Å². The molecular weight excluding hydrogens is 390 g/mol. The fourth-order valence-corrected chi connectivity index (χ4v) is 3.60. The van der Waals surface area contributed by atoms with E-state index in [1.807, 2.05) is 35.1 Å². The van der Waals surface area contributed by atoms with Crippen LogP contribution >= 0.6 is 12.4 Å². The summed E-state index contributed by atoms with van der Waals surface area (Å²) in [5, 5.41) is 18.1. The fraction of sp³-hybridized carbons (Fsp3) is 0.400. The lowest BCUT2D eigenvalue weighted by molar-refractivity contribution is 0.102. The zero-order valence-corrected chi connectivity index (χ0v) is 16.8. The van der Waals surface area contributed by atoms with Gasteiger partial charge in [0.15, 0.2) is 11.5 Å². The van der Waals surface area contributed by atoms with Crippen molar-refractivity contribution in [2.75, 3.05) is 18.4 Å². The molecule has 0 radical (unpaired) electrons. The van der Waals surface area contributed by atoms with Crippen molar-refractivity contribution < 1.29 is 4.79 Å². The zero-order valence-electron chi connectivity index (χ0n) is 16.0. The molecule has 0 spiro atoms. The third-order valence-electron chi connectivity index (χ3n) is 5.33. The Morgan fingerprint density at radius 3 is 2.90 bits per heavy atom. The Kier molecular flexibility index (Phi) is 5.64. The molecule has 3 aromatic rings. The quantitative estimate of drug-likeness (QED) is 0.596. The van der Waals surface area contributed by atoms with Crippen molar-refractivity contribution in [3.63, 3.8) is 0 Å². The highest BCUT2D eigenvalue weighted by molar-refractivity contribution is 6.03. The molecule has 9 heteroatoms. The molecule has 3 N–H and O–H groups in total. The summed E-state index contributed by atoms with van der Waals surface area (Å²) in [4.78, 5) is 17.2. The third-order valence-corrected chi connectivity index (χ3v) is 5.33. The minimum absolute atomic E-state index is 0. The minimum atomic E-state index is -0.215. The number of nitrogens with one attached hydrogen (secondary N) is 3. The summed E-state index contributed by atoms with van der Waals surface area (Å²) < 4.78 is 1.89. The lowest BCUT2D eigenvalue weighted by Gasteiger charge is -2.22. The first-order chi connectivity index (χ1) is 13.8. The van der Waals surface area contributed by atoms with Gasteiger partial charge in [-0.25, -0.2) is 4.98 Å². The number of rotatable bonds is 5. The van der Waals surface area contributed by atoms with Crippen LogP contribution in [0.2, 0.25) is 0 Å². The van der Waals surface area contributed by atoms with E-state index in [0.717, 1.165) is 37.3 Å². The first-order valence-corrected chi connectivity index (χ1v) is 9.86. The Hall–Kier alpha value is -2.71. The summed E-state index contributed by atoms with van der Waals surface area (Å²) in [6.07, 6.45) is 6.44. The molecule has 1 aromatic carbocycles. The van der Waals surface area contributed by atoms with E-state index in [-0.39, 0.29) is 18.3 Å². The number of amides is 1. The normalized spacial score (nSPS) is 18.8. The smallest absolute Gasteiger partial charge is 0.276 e. The maximum absolute atomic E-state index is 12.6. The summed E-state index contributed by atoms with van der Waals surface area (Å²) in [6, 6.07) is 9.66. The van der Waals surface area contributed by atoms with E-state index < -0.39 is 0 Å². The molecule has 152 valence electrons. The summed E-state index contributed by atoms with van der Waals surface area (Å²) in [5.41, 5.74) is 2.00. The van der Waals surface area contributed by atoms with Crippen LogP contribution in [0.1, 0.15) is 54.0 Å². The number of anilines is 1. The van der Waals surface area contributed by atoms with E-state index in [0.29, 0.717) is 29.2 Å². The molecule has 2 aromatic heterocycles. The first-order valence-electron chi connectivity index (χ1n) is 9.86. The molecule has 1 unspecified atom stereocenters. The van der Waals surface area contributed by atoms with Crippen LogP contribution in [0.15, 0.2) is 36.5 Å². The topological polar surface area (TPSA) is 101 Å². The van der Waals surface area contributed by atoms with Gasteiger partial charge in [-0.3, -0.25) is 14.6 Å². The lowest BCUT2D eigenvalue weighted by Crippen LogP contribution is -2.32. The van der Waals surface area contributed by atoms with E-state index in [9.17, 15) is 4.79 Å². The number of hydrogen-bond donors (Lipinski definition) is 3. The molecular formula is C20H24ClN7O. The van der Waals surface area contributed by atoms with Gasteiger partial charge in [0.1, 0.15) is 5.82 Å². The molecule has 8 nitrogen and oxygen atoms in total. The van der Waals surface area contributed by atoms with Crippen molar-refractivity contribution >= 4 is 24.0 Å². The van der Waals surface area contributed by atoms with Gasteiger partial charge in [-0.15, -0.1) is 12.4 Å². The first kappa shape index (κ1) is 19.6. The van der Waals surface area contributed by atoms with E-state index >= 15 is 0 Å². The van der Waals surface area contributed by atoms with Crippen LogP contribution in [0, 0.1) is 0 Å². The van der Waals surface area contributed by atoms with Crippen LogP contribution < -0.4 is 10.6 Å². The van der Waals surface area contributed by atoms with E-state index in [2.05, 4.69) is 30.9 Å². The summed E-state index contributed by atoms with van der Waals surface area (Å²) >= 11 is 0. The number of aromatic amines is 1. The average Bonchev–Trinajstić information content (AvgIpc) is 3.26. The molecule has 29 heavy (non-hydrogen) atoms. The van der Waals surface area contributed by atoms with Crippen LogP contribution in [-0.2, 0) is 0 Å². The predicted octanol–water partition coefficient (Wildman–Crippen LogP) is 3.14. The van der Waals surface area contributed by atoms with Crippen LogP contribution in [-0.4, -0.2) is 44.0 Å². The standard InChI is InChI=1S/C20H23N7O.ClH/c28-20(17-8-10-27(26-17)16-5-2-9-21-12-16)22-15-4-1-3-14(11-15)19-23-18(24-25-19)13-6-7-13;/h1,3-4,8,10-11,13,16,21H,2,5-7,9,12H2,(H,22,28)(H,23,24,25);1H. The van der Waals surface area contributed by atoms with Crippen LogP contribution in [0.5, 0.6) is 0 Å². The molecule has 0 bridgehead atoms. The molecule has 1 saturated heterocycles. The van der Waals surface area contributed by atoms with E-state index in [1.54, 1.807) is 6.07 Å². The van der Waals surface area contributed by atoms with Crippen molar-refractivity contribution in [3.8, 4) is 11.4 Å². The van der Waals surface area contributed by atoms with Gasteiger partial charge < -0.3 is 10.6 Å². The van der Waals surface area contributed by atoms with Crippen LogP contribution in [0.4, 0.5) is 5.69 Å². The predicted molar refractivity (Wildman–Crippen MR) is 112 cm³/mol. The highest BCUT2D eigenvalue weighted by Gasteiger charge is 2.27. The van der Waals surface area contributed by atoms with Crippen molar-refractivity contribution in [2.45, 2.75) is 37.6 Å². The van der Waals surface area contributed by atoms with Crippen molar-refractivity contribution in [2.24, 2.45) is 0 Å². The summed E-state index contributed by atoms with van der Waals surface area (Å²) in [6.45, 7) is 1.94. The fourth-order valence-electron chi connectivity index (χ4n) is 3.60. The maximum atomic E-state index is 12.6. The van der Waals surface area contributed by atoms with Crippen molar-refractivity contribution in [1.29, 1.82) is 0 Å². The number of hydrogen-bond acceptors (Lipinski definition) is 5. The van der Waals surface area contributed by atoms with Gasteiger partial charge in [-0.1, -0.05) is 12.1 Å². The number of H-pyrrole nitrogens is 1. The van der Waals surface area contributed by atoms with Crippen molar-refractivity contribution in [1.82, 2.24) is 30.3 Å². The zero-order chi connectivity index (χ0) is 18.9. The number of benzene rings is 1. The SMILES string of the molecule is Cl.O=C(Nc1cccc(-c2n[nH]c(C3CC3)n2)c1)c1ccn(C2CCCNC2)n1. The summed E-state index contributed by atoms with van der Waals surface area (Å²) in [7, 11) is 0. The van der Waals surface area contributed by atoms with Gasteiger partial charge in [-0.2, -0.15) is 10.2 Å². The van der Waals surface area contributed by atoms with E-state index in [4.69, 9.17) is 0 Å². The third kappa shape index (κ3) is 4.33. The largest absolute Gasteiger partial charge is 0.321 e. The second-order valence-corrected chi connectivity index (χ2v) is 7.53. The van der Waals surface area contributed by atoms with Gasteiger partial charge in [0.25, 0.3) is 5.91 Å². The molecule has 5 rings (SSSR count). The minimum Gasteiger partial charge on any atom is -0.321 e. The Bertz CT molecular complexity index is 988. The molecule has 1 aliphatic carbocycles. The van der Waals surface area contributed by atoms with Crippen molar-refractivity contribution in [3.05, 3.63) is 48.0 Å². The van der Waals surface area contributed by atoms with Gasteiger partial charge in [-0.05, 0) is 50.4 Å². The number of aromatic nitrogens is 5. The Labute approximate surface area is 174 Å². The Morgan fingerprint density at radius 2 is 2.10 bits per heavy atom. The Morgan fingerprint density at radius 1 is 1.21 bits per heavy atom. The van der Waals surface area contributed by atoms with Crippen LogP contribution in [0.3, 0.4) is 0 Å². The maximum Gasteiger partial charge on any atom is 0.276 e. The highest BCUT2D eigenvalue weighted by atomic mass is 35.5. The number of nitrogens with zero attached hydrogens (tertiary/aromatic N) is 4. The molecule has 2 fully saturated rings. The number of carbonyl (C=O) groups excluding carboxylic acids is 1. The van der Waals surface area contributed by atoms with Crippen LogP contribution in [0.25, 0.3) is 11.4 Å². The molecule has 1 atom stereocenters. The monoisotopic (exact) mass is 413 g/mol. The second kappa shape index (κ2) is 8.34. The average molecular weight is 414 g/mol. The molecule has 3 heterocycles. The number of piperidine rings is 1. The molecule has 1 amide bonds. The van der Waals surface area contributed by atoms with Gasteiger partial charge in [0.05, 0.1) is 6.04 Å².